The average Bonchev–Trinajstić information content (AvgIpc) is 2.37. The van der Waals surface area contributed by atoms with Crippen molar-refractivity contribution in [1.82, 2.24) is 4.72 Å². The summed E-state index contributed by atoms with van der Waals surface area (Å²) in [5.74, 6) is -1.60. The molecule has 1 aromatic rings. The largest absolute Gasteiger partial charge is 0.480 e. The van der Waals surface area contributed by atoms with Gasteiger partial charge in [0, 0.05) is 6.61 Å². The first kappa shape index (κ1) is 17.4. The normalized spacial score (nSPS) is 13.9. The van der Waals surface area contributed by atoms with Gasteiger partial charge in [0.15, 0.2) is 0 Å². The number of sulfonamides is 1. The third kappa shape index (κ3) is 4.41. The Morgan fingerprint density at radius 1 is 1.29 bits per heavy atom. The fourth-order valence-electron chi connectivity index (χ4n) is 1.55. The number of hydrogen-bond acceptors (Lipinski definition) is 4. The Kier molecular flexibility index (Phi) is 5.31. The predicted molar refractivity (Wildman–Crippen MR) is 64.9 cm³/mol. The third-order valence-corrected chi connectivity index (χ3v) is 4.03. The van der Waals surface area contributed by atoms with Crippen LogP contribution in [0.3, 0.4) is 0 Å². The maximum Gasteiger partial charge on any atom is 0.417 e. The lowest BCUT2D eigenvalue weighted by atomic mass is 10.2. The second-order valence-electron chi connectivity index (χ2n) is 4.02. The maximum absolute atomic E-state index is 12.8. The molecule has 6 nitrogen and oxygen atoms in total. The first-order valence-corrected chi connectivity index (χ1v) is 7.10. The highest BCUT2D eigenvalue weighted by atomic mass is 32.2. The summed E-state index contributed by atoms with van der Waals surface area (Å²) in [5.41, 5.74) is -1.40. The SMILES string of the molecule is O=C(O)[C@@H](CCO)NS(=O)(=O)c1ccccc1C(F)(F)F. The van der Waals surface area contributed by atoms with Crippen molar-refractivity contribution >= 4 is 16.0 Å². The van der Waals surface area contributed by atoms with Crippen molar-refractivity contribution in [3.05, 3.63) is 29.8 Å². The molecule has 0 aliphatic rings. The van der Waals surface area contributed by atoms with E-state index in [9.17, 15) is 26.4 Å². The fraction of sp³-hybridized carbons (Fsp3) is 0.364. The van der Waals surface area contributed by atoms with E-state index in [1.807, 2.05) is 0 Å². The van der Waals surface area contributed by atoms with Gasteiger partial charge in [0.2, 0.25) is 10.0 Å². The smallest absolute Gasteiger partial charge is 0.417 e. The van der Waals surface area contributed by atoms with Gasteiger partial charge in [0.1, 0.15) is 6.04 Å². The quantitative estimate of drug-likeness (QED) is 0.718. The van der Waals surface area contributed by atoms with Crippen molar-refractivity contribution in [2.45, 2.75) is 23.5 Å². The van der Waals surface area contributed by atoms with E-state index in [4.69, 9.17) is 10.2 Å². The minimum atomic E-state index is -4.90. The summed E-state index contributed by atoms with van der Waals surface area (Å²) in [6.07, 6.45) is -5.37. The maximum atomic E-state index is 12.8. The van der Waals surface area contributed by atoms with Gasteiger partial charge in [-0.15, -0.1) is 0 Å². The zero-order valence-electron chi connectivity index (χ0n) is 10.5. The summed E-state index contributed by atoms with van der Waals surface area (Å²) in [7, 11) is -4.70. The Labute approximate surface area is 118 Å². The zero-order valence-corrected chi connectivity index (χ0v) is 11.3. The van der Waals surface area contributed by atoms with Crippen LogP contribution in [0.4, 0.5) is 13.2 Å². The molecule has 21 heavy (non-hydrogen) atoms. The van der Waals surface area contributed by atoms with E-state index >= 15 is 0 Å². The molecule has 1 atom stereocenters. The number of aliphatic carboxylic acids is 1. The summed E-state index contributed by atoms with van der Waals surface area (Å²) >= 11 is 0. The van der Waals surface area contributed by atoms with Crippen LogP contribution in [0.5, 0.6) is 0 Å². The van der Waals surface area contributed by atoms with Gasteiger partial charge in [0.25, 0.3) is 0 Å². The van der Waals surface area contributed by atoms with Gasteiger partial charge >= 0.3 is 12.1 Å². The average molecular weight is 327 g/mol. The van der Waals surface area contributed by atoms with Crippen LogP contribution >= 0.6 is 0 Å². The van der Waals surface area contributed by atoms with E-state index in [2.05, 4.69) is 0 Å². The Morgan fingerprint density at radius 3 is 2.33 bits per heavy atom. The number of rotatable bonds is 6. The summed E-state index contributed by atoms with van der Waals surface area (Å²) in [4.78, 5) is 9.75. The van der Waals surface area contributed by atoms with Gasteiger partial charge in [-0.2, -0.15) is 17.9 Å². The molecule has 0 bridgehead atoms. The third-order valence-electron chi connectivity index (χ3n) is 2.50. The molecule has 0 spiro atoms. The lowest BCUT2D eigenvalue weighted by Crippen LogP contribution is -2.41. The van der Waals surface area contributed by atoms with Crippen molar-refractivity contribution in [3.63, 3.8) is 0 Å². The molecule has 0 unspecified atom stereocenters. The fourth-order valence-corrected chi connectivity index (χ4v) is 3.00. The summed E-state index contributed by atoms with van der Waals surface area (Å²) in [6, 6.07) is 1.69. The Bertz CT molecular complexity index is 615. The van der Waals surface area contributed by atoms with Crippen LogP contribution in [0.2, 0.25) is 0 Å². The highest BCUT2D eigenvalue weighted by molar-refractivity contribution is 7.89. The van der Waals surface area contributed by atoms with E-state index in [1.54, 1.807) is 4.72 Å². The van der Waals surface area contributed by atoms with Crippen molar-refractivity contribution in [2.75, 3.05) is 6.61 Å². The number of carbonyl (C=O) groups is 1. The Morgan fingerprint density at radius 2 is 1.86 bits per heavy atom. The molecular weight excluding hydrogens is 315 g/mol. The molecule has 118 valence electrons. The molecule has 0 saturated carbocycles. The lowest BCUT2D eigenvalue weighted by molar-refractivity contribution is -0.140. The number of benzene rings is 1. The zero-order chi connectivity index (χ0) is 16.3. The molecular formula is C11H12F3NO5S. The first-order valence-electron chi connectivity index (χ1n) is 5.62. The standard InChI is InChI=1S/C11H12F3NO5S/c12-11(13,14)7-3-1-2-4-9(7)21(19,20)15-8(5-6-16)10(17)18/h1-4,8,15-16H,5-6H2,(H,17,18)/t8-/m1/s1. The minimum absolute atomic E-state index is 0.469. The summed E-state index contributed by atoms with van der Waals surface area (Å²) < 4.78 is 63.8. The molecule has 1 rings (SSSR count). The molecule has 0 aliphatic heterocycles. The number of alkyl halides is 3. The van der Waals surface area contributed by atoms with Crippen LogP contribution in [0, 0.1) is 0 Å². The molecule has 0 heterocycles. The van der Waals surface area contributed by atoms with Crippen molar-refractivity contribution < 1.29 is 36.6 Å². The van der Waals surface area contributed by atoms with Crippen LogP contribution in [0.1, 0.15) is 12.0 Å². The number of nitrogens with one attached hydrogen (secondary N) is 1. The monoisotopic (exact) mass is 327 g/mol. The van der Waals surface area contributed by atoms with Crippen LogP contribution in [-0.2, 0) is 21.0 Å². The molecule has 0 radical (unpaired) electrons. The molecule has 3 N–H and O–H groups in total. The molecule has 0 saturated heterocycles. The summed E-state index contributed by atoms with van der Waals surface area (Å²) in [6.45, 7) is -0.638. The number of aliphatic hydroxyl groups excluding tert-OH is 1. The number of carboxylic acids is 1. The van der Waals surface area contributed by atoms with E-state index in [1.165, 1.54) is 0 Å². The number of hydrogen-bond donors (Lipinski definition) is 3. The van der Waals surface area contributed by atoms with Gasteiger partial charge in [-0.3, -0.25) is 4.79 Å². The van der Waals surface area contributed by atoms with Gasteiger partial charge in [-0.05, 0) is 18.6 Å². The lowest BCUT2D eigenvalue weighted by Gasteiger charge is -2.17. The molecule has 10 heteroatoms. The molecule has 1 aromatic carbocycles. The van der Waals surface area contributed by atoms with E-state index in [0.717, 1.165) is 18.2 Å². The number of carboxylic acid groups (broad SMARTS) is 1. The Balaban J connectivity index is 3.23. The highest BCUT2D eigenvalue weighted by Crippen LogP contribution is 2.33. The number of aliphatic hydroxyl groups is 1. The van der Waals surface area contributed by atoms with Crippen LogP contribution in [-0.4, -0.2) is 37.2 Å². The van der Waals surface area contributed by atoms with Crippen LogP contribution < -0.4 is 4.72 Å². The van der Waals surface area contributed by atoms with Crippen LogP contribution in [0.25, 0.3) is 0 Å². The van der Waals surface area contributed by atoms with Gasteiger partial charge in [0.05, 0.1) is 10.5 Å². The van der Waals surface area contributed by atoms with Gasteiger partial charge in [-0.25, -0.2) is 8.42 Å². The molecule has 0 fully saturated rings. The number of halogens is 3. The predicted octanol–water partition coefficient (Wildman–Crippen LogP) is 0.819. The molecule has 0 amide bonds. The molecule has 0 aromatic heterocycles. The van der Waals surface area contributed by atoms with E-state index in [-0.39, 0.29) is 0 Å². The second kappa shape index (κ2) is 6.41. The Hall–Kier alpha value is -1.65. The van der Waals surface area contributed by atoms with Crippen molar-refractivity contribution in [2.24, 2.45) is 0 Å². The van der Waals surface area contributed by atoms with Crippen molar-refractivity contribution in [1.29, 1.82) is 0 Å². The first-order chi connectivity index (χ1) is 9.59. The van der Waals surface area contributed by atoms with Crippen molar-refractivity contribution in [3.8, 4) is 0 Å². The van der Waals surface area contributed by atoms with Gasteiger partial charge < -0.3 is 10.2 Å². The highest BCUT2D eigenvalue weighted by Gasteiger charge is 2.37. The second-order valence-corrected chi connectivity index (χ2v) is 5.70. The minimum Gasteiger partial charge on any atom is -0.480 e. The van der Waals surface area contributed by atoms with E-state index in [0.29, 0.717) is 6.07 Å². The molecule has 0 aliphatic carbocycles. The van der Waals surface area contributed by atoms with Gasteiger partial charge in [-0.1, -0.05) is 12.1 Å². The van der Waals surface area contributed by atoms with Crippen LogP contribution in [0.15, 0.2) is 29.2 Å². The van der Waals surface area contributed by atoms with E-state index < -0.39 is 51.7 Å². The topological polar surface area (TPSA) is 104 Å². The summed E-state index contributed by atoms with van der Waals surface area (Å²) in [5, 5.41) is 17.4.